The lowest BCUT2D eigenvalue weighted by Crippen LogP contribution is -2.03. The van der Waals surface area contributed by atoms with E-state index in [9.17, 15) is 0 Å². The van der Waals surface area contributed by atoms with E-state index in [1.54, 1.807) is 18.9 Å². The van der Waals surface area contributed by atoms with Crippen LogP contribution in [0.4, 0.5) is 0 Å². The number of thioether (sulfide) groups is 1. The summed E-state index contributed by atoms with van der Waals surface area (Å²) in [7, 11) is 1.70. The number of ether oxygens (including phenoxy) is 1. The number of aromatic nitrogens is 4. The summed E-state index contributed by atoms with van der Waals surface area (Å²) in [6, 6.07) is 18.7. The lowest BCUT2D eigenvalue weighted by atomic mass is 10.0. The minimum absolute atomic E-state index is 0.633. The number of fused-ring (bicyclic) bond motifs is 1. The van der Waals surface area contributed by atoms with E-state index in [2.05, 4.69) is 64.7 Å². The number of methoxy groups -OCH3 is 1. The lowest BCUT2D eigenvalue weighted by molar-refractivity contribution is 0.218. The van der Waals surface area contributed by atoms with Gasteiger partial charge in [0.05, 0.1) is 17.8 Å². The maximum Gasteiger partial charge on any atom is 0.191 e. The van der Waals surface area contributed by atoms with Crippen molar-refractivity contribution < 1.29 is 4.74 Å². The second-order valence-corrected chi connectivity index (χ2v) is 8.05. The third-order valence-electron chi connectivity index (χ3n) is 4.85. The first-order valence-corrected chi connectivity index (χ1v) is 10.8. The molecule has 0 aliphatic rings. The van der Waals surface area contributed by atoms with Crippen LogP contribution in [0.25, 0.3) is 33.5 Å². The van der Waals surface area contributed by atoms with Crippen LogP contribution < -0.4 is 0 Å². The van der Waals surface area contributed by atoms with Gasteiger partial charge in [-0.25, -0.2) is 4.98 Å². The number of para-hydroxylation sites is 1. The van der Waals surface area contributed by atoms with E-state index in [4.69, 9.17) is 9.72 Å². The second-order valence-electron chi connectivity index (χ2n) is 6.98. The highest BCUT2D eigenvalue weighted by Crippen LogP contribution is 2.33. The molecule has 2 aromatic carbocycles. The van der Waals surface area contributed by atoms with Crippen LogP contribution in [0, 0.1) is 6.92 Å². The van der Waals surface area contributed by atoms with Crippen molar-refractivity contribution in [3.63, 3.8) is 0 Å². The Morgan fingerprint density at radius 1 is 1.10 bits per heavy atom. The number of hydrogen-bond donors (Lipinski definition) is 0. The van der Waals surface area contributed by atoms with Gasteiger partial charge in [-0.3, -0.25) is 4.57 Å². The van der Waals surface area contributed by atoms with Gasteiger partial charge in [-0.1, -0.05) is 65.9 Å². The SMILES string of the molecule is C=CCn1c(SCCOC)nnc1-c1cc(-c2ccc(C)cc2)nc2ccccc12. The Morgan fingerprint density at radius 3 is 2.67 bits per heavy atom. The summed E-state index contributed by atoms with van der Waals surface area (Å²) < 4.78 is 7.28. The quantitative estimate of drug-likeness (QED) is 0.219. The van der Waals surface area contributed by atoms with Crippen LogP contribution in [0.5, 0.6) is 0 Å². The zero-order valence-corrected chi connectivity index (χ0v) is 18.0. The third kappa shape index (κ3) is 4.15. The molecular weight excluding hydrogens is 392 g/mol. The van der Waals surface area contributed by atoms with Crippen LogP contribution in [0.1, 0.15) is 5.56 Å². The van der Waals surface area contributed by atoms with Crippen molar-refractivity contribution in [1.29, 1.82) is 0 Å². The van der Waals surface area contributed by atoms with E-state index in [1.807, 2.05) is 24.3 Å². The molecule has 0 unspecified atom stereocenters. The van der Waals surface area contributed by atoms with Crippen molar-refractivity contribution in [2.45, 2.75) is 18.6 Å². The maximum atomic E-state index is 5.18. The minimum atomic E-state index is 0.633. The minimum Gasteiger partial charge on any atom is -0.384 e. The molecule has 0 N–H and O–H groups in total. The predicted molar refractivity (Wildman–Crippen MR) is 124 cm³/mol. The standard InChI is InChI=1S/C24H24N4OS/c1-4-13-28-23(26-27-24(28)30-15-14-29-3)20-16-22(18-11-9-17(2)10-12-18)25-21-8-6-5-7-19(20)21/h4-12,16H,1,13-15H2,2-3H3. The van der Waals surface area contributed by atoms with Gasteiger partial charge in [-0.15, -0.1) is 16.8 Å². The summed E-state index contributed by atoms with van der Waals surface area (Å²) in [6.45, 7) is 7.30. The Balaban J connectivity index is 1.87. The van der Waals surface area contributed by atoms with Crippen LogP contribution in [-0.4, -0.2) is 39.2 Å². The third-order valence-corrected chi connectivity index (χ3v) is 5.78. The van der Waals surface area contributed by atoms with Crippen LogP contribution in [0.15, 0.2) is 72.4 Å². The highest BCUT2D eigenvalue weighted by Gasteiger charge is 2.17. The number of pyridine rings is 1. The highest BCUT2D eigenvalue weighted by atomic mass is 32.2. The smallest absolute Gasteiger partial charge is 0.191 e. The Kier molecular flexibility index (Phi) is 6.26. The van der Waals surface area contributed by atoms with E-state index in [1.165, 1.54) is 5.56 Å². The summed E-state index contributed by atoms with van der Waals surface area (Å²) in [5, 5.41) is 10.9. The van der Waals surface area contributed by atoms with Gasteiger partial charge in [-0.05, 0) is 19.1 Å². The van der Waals surface area contributed by atoms with Crippen molar-refractivity contribution in [3.05, 3.63) is 72.8 Å². The van der Waals surface area contributed by atoms with Crippen molar-refractivity contribution >= 4 is 22.7 Å². The molecule has 0 bridgehead atoms. The fourth-order valence-electron chi connectivity index (χ4n) is 3.34. The molecular formula is C24H24N4OS. The van der Waals surface area contributed by atoms with Crippen molar-refractivity contribution in [2.24, 2.45) is 0 Å². The predicted octanol–water partition coefficient (Wildman–Crippen LogP) is 5.39. The van der Waals surface area contributed by atoms with E-state index in [-0.39, 0.29) is 0 Å². The molecule has 0 aliphatic heterocycles. The van der Waals surface area contributed by atoms with Crippen LogP contribution in [-0.2, 0) is 11.3 Å². The molecule has 0 spiro atoms. The van der Waals surface area contributed by atoms with Gasteiger partial charge in [0.1, 0.15) is 0 Å². The number of rotatable bonds is 8. The van der Waals surface area contributed by atoms with Gasteiger partial charge in [0.2, 0.25) is 0 Å². The molecule has 0 fully saturated rings. The highest BCUT2D eigenvalue weighted by molar-refractivity contribution is 7.99. The van der Waals surface area contributed by atoms with Gasteiger partial charge in [0.15, 0.2) is 11.0 Å². The van der Waals surface area contributed by atoms with E-state index < -0.39 is 0 Å². The molecule has 0 radical (unpaired) electrons. The monoisotopic (exact) mass is 416 g/mol. The van der Waals surface area contributed by atoms with Crippen LogP contribution >= 0.6 is 11.8 Å². The first-order chi connectivity index (χ1) is 14.7. The first-order valence-electron chi connectivity index (χ1n) is 9.84. The van der Waals surface area contributed by atoms with Gasteiger partial charge >= 0.3 is 0 Å². The number of aryl methyl sites for hydroxylation is 1. The van der Waals surface area contributed by atoms with E-state index >= 15 is 0 Å². The lowest BCUT2D eigenvalue weighted by Gasteiger charge is -2.12. The van der Waals surface area contributed by atoms with Gasteiger partial charge in [0, 0.05) is 35.9 Å². The Morgan fingerprint density at radius 2 is 1.90 bits per heavy atom. The van der Waals surface area contributed by atoms with E-state index in [0.717, 1.165) is 44.5 Å². The normalized spacial score (nSPS) is 11.1. The summed E-state index contributed by atoms with van der Waals surface area (Å²) >= 11 is 1.64. The van der Waals surface area contributed by atoms with E-state index in [0.29, 0.717) is 13.2 Å². The topological polar surface area (TPSA) is 52.8 Å². The molecule has 2 aromatic heterocycles. The molecule has 2 heterocycles. The Labute approximate surface area is 180 Å². The zero-order valence-electron chi connectivity index (χ0n) is 17.2. The van der Waals surface area contributed by atoms with Crippen LogP contribution in [0.3, 0.4) is 0 Å². The number of nitrogens with zero attached hydrogens (tertiary/aromatic N) is 4. The maximum absolute atomic E-state index is 5.18. The Bertz CT molecular complexity index is 1170. The molecule has 4 rings (SSSR count). The van der Waals surface area contributed by atoms with Gasteiger partial charge in [0.25, 0.3) is 0 Å². The summed E-state index contributed by atoms with van der Waals surface area (Å²) in [6.07, 6.45) is 1.87. The molecule has 0 atom stereocenters. The fraction of sp³-hybridized carbons (Fsp3) is 0.208. The number of benzene rings is 2. The van der Waals surface area contributed by atoms with Gasteiger partial charge < -0.3 is 4.74 Å². The summed E-state index contributed by atoms with van der Waals surface area (Å²) in [5.74, 6) is 1.64. The molecule has 152 valence electrons. The van der Waals surface area contributed by atoms with Crippen molar-refractivity contribution in [2.75, 3.05) is 19.5 Å². The summed E-state index contributed by atoms with van der Waals surface area (Å²) in [4.78, 5) is 4.91. The molecule has 0 amide bonds. The number of allylic oxidation sites excluding steroid dienone is 1. The molecule has 0 aliphatic carbocycles. The van der Waals surface area contributed by atoms with Crippen molar-refractivity contribution in [1.82, 2.24) is 19.7 Å². The second kappa shape index (κ2) is 9.24. The molecule has 0 saturated heterocycles. The van der Waals surface area contributed by atoms with Crippen molar-refractivity contribution in [3.8, 4) is 22.6 Å². The van der Waals surface area contributed by atoms with Gasteiger partial charge in [-0.2, -0.15) is 0 Å². The van der Waals surface area contributed by atoms with Crippen LogP contribution in [0.2, 0.25) is 0 Å². The molecule has 5 nitrogen and oxygen atoms in total. The molecule has 0 saturated carbocycles. The number of hydrogen-bond acceptors (Lipinski definition) is 5. The molecule has 6 heteroatoms. The zero-order chi connectivity index (χ0) is 20.9. The molecule has 30 heavy (non-hydrogen) atoms. The average molecular weight is 417 g/mol. The molecule has 4 aromatic rings. The first kappa shape index (κ1) is 20.3. The largest absolute Gasteiger partial charge is 0.384 e. The fourth-order valence-corrected chi connectivity index (χ4v) is 4.19. The average Bonchev–Trinajstić information content (AvgIpc) is 3.16. The Hall–Kier alpha value is -2.96. The summed E-state index contributed by atoms with van der Waals surface area (Å²) in [5.41, 5.74) is 5.18.